The van der Waals surface area contributed by atoms with Gasteiger partial charge in [-0.1, -0.05) is 30.7 Å². The summed E-state index contributed by atoms with van der Waals surface area (Å²) in [6.07, 6.45) is 0. The van der Waals surface area contributed by atoms with E-state index in [0.29, 0.717) is 5.02 Å². The monoisotopic (exact) mass is 240 g/mol. The van der Waals surface area contributed by atoms with Crippen LogP contribution in [0.15, 0.2) is 24.3 Å². The van der Waals surface area contributed by atoms with Gasteiger partial charge in [0.25, 0.3) is 0 Å². The molecule has 1 aliphatic heterocycles. The van der Waals surface area contributed by atoms with Crippen molar-refractivity contribution < 1.29 is 9.90 Å². The van der Waals surface area contributed by atoms with E-state index in [1.54, 1.807) is 12.1 Å². The molecule has 3 unspecified atom stereocenters. The predicted molar refractivity (Wildman–Crippen MR) is 61.1 cm³/mol. The van der Waals surface area contributed by atoms with Crippen molar-refractivity contribution in [3.05, 3.63) is 34.9 Å². The van der Waals surface area contributed by atoms with Crippen molar-refractivity contribution in [2.24, 2.45) is 5.92 Å². The van der Waals surface area contributed by atoms with Crippen molar-refractivity contribution in [1.82, 2.24) is 10.9 Å². The second kappa shape index (κ2) is 4.41. The third-order valence-electron chi connectivity index (χ3n) is 2.94. The van der Waals surface area contributed by atoms with Crippen LogP contribution in [-0.2, 0) is 4.79 Å². The molecule has 0 saturated carbocycles. The van der Waals surface area contributed by atoms with Crippen LogP contribution >= 0.6 is 11.6 Å². The van der Waals surface area contributed by atoms with Crippen molar-refractivity contribution in [3.8, 4) is 0 Å². The van der Waals surface area contributed by atoms with Gasteiger partial charge < -0.3 is 5.11 Å². The molecule has 1 aromatic carbocycles. The second-order valence-electron chi connectivity index (χ2n) is 3.99. The van der Waals surface area contributed by atoms with Gasteiger partial charge in [-0.2, -0.15) is 0 Å². The predicted octanol–water partition coefficient (Wildman–Crippen LogP) is 1.58. The molecule has 0 amide bonds. The summed E-state index contributed by atoms with van der Waals surface area (Å²) in [7, 11) is 0. The first kappa shape index (κ1) is 11.4. The largest absolute Gasteiger partial charge is 0.480 e. The first-order chi connectivity index (χ1) is 7.59. The Morgan fingerprint density at radius 1 is 1.31 bits per heavy atom. The van der Waals surface area contributed by atoms with E-state index < -0.39 is 12.0 Å². The Kier molecular flexibility index (Phi) is 3.14. The fourth-order valence-electron chi connectivity index (χ4n) is 1.98. The third-order valence-corrected chi connectivity index (χ3v) is 3.19. The van der Waals surface area contributed by atoms with Gasteiger partial charge in [0.05, 0.1) is 6.04 Å². The number of hydrogen-bond acceptors (Lipinski definition) is 3. The lowest BCUT2D eigenvalue weighted by atomic mass is 9.91. The topological polar surface area (TPSA) is 61.4 Å². The van der Waals surface area contributed by atoms with E-state index in [1.807, 2.05) is 19.1 Å². The highest BCUT2D eigenvalue weighted by molar-refractivity contribution is 6.30. The van der Waals surface area contributed by atoms with Gasteiger partial charge in [0.1, 0.15) is 6.04 Å². The fraction of sp³-hybridized carbons (Fsp3) is 0.364. The molecule has 0 bridgehead atoms. The second-order valence-corrected chi connectivity index (χ2v) is 4.43. The van der Waals surface area contributed by atoms with Gasteiger partial charge >= 0.3 is 5.97 Å². The highest BCUT2D eigenvalue weighted by Gasteiger charge is 2.37. The molecule has 1 heterocycles. The van der Waals surface area contributed by atoms with Gasteiger partial charge in [-0.25, -0.2) is 10.9 Å². The molecule has 5 heteroatoms. The molecule has 0 spiro atoms. The average Bonchev–Trinajstić information content (AvgIpc) is 2.61. The SMILES string of the molecule is CC1C(C(=O)O)NNC1c1ccc(Cl)cc1. The van der Waals surface area contributed by atoms with E-state index in [9.17, 15) is 4.79 Å². The standard InChI is InChI=1S/C11H13ClN2O2/c1-6-9(13-14-10(6)11(15)16)7-2-4-8(12)5-3-7/h2-6,9-10,13-14H,1H3,(H,15,16). The normalized spacial score (nSPS) is 29.2. The molecule has 1 aromatic rings. The highest BCUT2D eigenvalue weighted by Crippen LogP contribution is 2.28. The first-order valence-electron chi connectivity index (χ1n) is 5.09. The Bertz CT molecular complexity index is 393. The zero-order valence-corrected chi connectivity index (χ0v) is 9.53. The molecule has 3 N–H and O–H groups in total. The number of hydrazine groups is 1. The summed E-state index contributed by atoms with van der Waals surface area (Å²) in [5.41, 5.74) is 6.82. The van der Waals surface area contributed by atoms with Crippen molar-refractivity contribution in [2.75, 3.05) is 0 Å². The maximum Gasteiger partial charge on any atom is 0.322 e. The lowest BCUT2D eigenvalue weighted by Gasteiger charge is -2.16. The minimum atomic E-state index is -0.837. The van der Waals surface area contributed by atoms with Gasteiger partial charge in [-0.3, -0.25) is 4.79 Å². The molecule has 1 saturated heterocycles. The van der Waals surface area contributed by atoms with Crippen molar-refractivity contribution in [3.63, 3.8) is 0 Å². The Morgan fingerprint density at radius 2 is 1.94 bits per heavy atom. The summed E-state index contributed by atoms with van der Waals surface area (Å²) in [4.78, 5) is 10.9. The van der Waals surface area contributed by atoms with Crippen LogP contribution in [0.25, 0.3) is 0 Å². The Labute approximate surface area is 98.6 Å². The Balaban J connectivity index is 2.18. The summed E-state index contributed by atoms with van der Waals surface area (Å²) in [6.45, 7) is 1.91. The van der Waals surface area contributed by atoms with Gasteiger partial charge in [0, 0.05) is 10.9 Å². The number of rotatable bonds is 2. The summed E-state index contributed by atoms with van der Waals surface area (Å²) in [5, 5.41) is 9.65. The molecule has 1 fully saturated rings. The van der Waals surface area contributed by atoms with Gasteiger partial charge in [0.2, 0.25) is 0 Å². The van der Waals surface area contributed by atoms with E-state index >= 15 is 0 Å². The fourth-order valence-corrected chi connectivity index (χ4v) is 2.10. The van der Waals surface area contributed by atoms with Crippen LogP contribution in [0.2, 0.25) is 5.02 Å². The molecule has 4 nitrogen and oxygen atoms in total. The summed E-state index contributed by atoms with van der Waals surface area (Å²) in [6, 6.07) is 6.86. The number of nitrogens with one attached hydrogen (secondary N) is 2. The molecule has 0 radical (unpaired) electrons. The summed E-state index contributed by atoms with van der Waals surface area (Å²) < 4.78 is 0. The van der Waals surface area contributed by atoms with E-state index in [-0.39, 0.29) is 12.0 Å². The summed E-state index contributed by atoms with van der Waals surface area (Å²) in [5.74, 6) is -0.852. The molecule has 2 rings (SSSR count). The van der Waals surface area contributed by atoms with Crippen LogP contribution in [0.1, 0.15) is 18.5 Å². The van der Waals surface area contributed by atoms with Crippen molar-refractivity contribution in [1.29, 1.82) is 0 Å². The number of carbonyl (C=O) groups is 1. The van der Waals surface area contributed by atoms with E-state index in [0.717, 1.165) is 5.56 Å². The minimum absolute atomic E-state index is 0.00151. The number of hydrogen-bond donors (Lipinski definition) is 3. The molecule has 0 aromatic heterocycles. The lowest BCUT2D eigenvalue weighted by Crippen LogP contribution is -2.37. The number of carboxylic acid groups (broad SMARTS) is 1. The zero-order valence-electron chi connectivity index (χ0n) is 8.77. The van der Waals surface area contributed by atoms with Crippen LogP contribution in [0.3, 0.4) is 0 Å². The Morgan fingerprint density at radius 3 is 2.44 bits per heavy atom. The molecule has 16 heavy (non-hydrogen) atoms. The maximum atomic E-state index is 10.9. The highest BCUT2D eigenvalue weighted by atomic mass is 35.5. The van der Waals surface area contributed by atoms with Crippen LogP contribution < -0.4 is 10.9 Å². The smallest absolute Gasteiger partial charge is 0.322 e. The molecule has 1 aliphatic rings. The quantitative estimate of drug-likeness (QED) is 0.735. The number of aliphatic carboxylic acids is 1. The first-order valence-corrected chi connectivity index (χ1v) is 5.46. The van der Waals surface area contributed by atoms with Gasteiger partial charge in [-0.15, -0.1) is 0 Å². The lowest BCUT2D eigenvalue weighted by molar-refractivity contribution is -0.140. The van der Waals surface area contributed by atoms with Crippen LogP contribution in [0.4, 0.5) is 0 Å². The van der Waals surface area contributed by atoms with E-state index in [4.69, 9.17) is 16.7 Å². The molecule has 0 aliphatic carbocycles. The van der Waals surface area contributed by atoms with E-state index in [2.05, 4.69) is 10.9 Å². The van der Waals surface area contributed by atoms with Crippen LogP contribution in [0.5, 0.6) is 0 Å². The van der Waals surface area contributed by atoms with Gasteiger partial charge in [0.15, 0.2) is 0 Å². The molecule has 3 atom stereocenters. The third kappa shape index (κ3) is 2.04. The molecular formula is C11H13ClN2O2. The summed E-state index contributed by atoms with van der Waals surface area (Å²) >= 11 is 5.80. The van der Waals surface area contributed by atoms with Crippen LogP contribution in [-0.4, -0.2) is 17.1 Å². The minimum Gasteiger partial charge on any atom is -0.480 e. The number of halogens is 1. The maximum absolute atomic E-state index is 10.9. The number of carboxylic acids is 1. The van der Waals surface area contributed by atoms with E-state index in [1.165, 1.54) is 0 Å². The van der Waals surface area contributed by atoms with Crippen LogP contribution in [0, 0.1) is 5.92 Å². The van der Waals surface area contributed by atoms with Gasteiger partial charge in [-0.05, 0) is 17.7 Å². The molecular weight excluding hydrogens is 228 g/mol. The van der Waals surface area contributed by atoms with Crippen molar-refractivity contribution >= 4 is 17.6 Å². The zero-order chi connectivity index (χ0) is 11.7. The average molecular weight is 241 g/mol. The molecule has 86 valence electrons. The van der Waals surface area contributed by atoms with Crippen molar-refractivity contribution in [2.45, 2.75) is 19.0 Å². The Hall–Kier alpha value is -1.10. The number of benzene rings is 1.